The summed E-state index contributed by atoms with van der Waals surface area (Å²) < 4.78 is 12.1. The Morgan fingerprint density at radius 3 is 1.67 bits per heavy atom. The molecule has 0 saturated heterocycles. The van der Waals surface area contributed by atoms with Gasteiger partial charge in [-0.25, -0.2) is 9.59 Å². The van der Waals surface area contributed by atoms with Gasteiger partial charge in [-0.1, -0.05) is 87.0 Å². The molecule has 0 aliphatic rings. The van der Waals surface area contributed by atoms with E-state index >= 15 is 0 Å². The normalized spacial score (nSPS) is 10.6. The van der Waals surface area contributed by atoms with Gasteiger partial charge >= 0.3 is 11.9 Å². The van der Waals surface area contributed by atoms with Gasteiger partial charge in [-0.2, -0.15) is 0 Å². The molecule has 182 valence electrons. The van der Waals surface area contributed by atoms with Crippen molar-refractivity contribution in [3.05, 3.63) is 119 Å². The lowest BCUT2D eigenvalue weighted by molar-refractivity contribution is 0.0679. The first-order valence-corrected chi connectivity index (χ1v) is 12.4. The van der Waals surface area contributed by atoms with Crippen LogP contribution in [0.15, 0.2) is 97.1 Å². The van der Waals surface area contributed by atoms with Crippen LogP contribution in [-0.4, -0.2) is 11.9 Å². The summed E-state index contributed by atoms with van der Waals surface area (Å²) in [5.74, 6) is -0.352. The van der Waals surface area contributed by atoms with Crippen molar-refractivity contribution in [1.82, 2.24) is 0 Å². The molecule has 4 aromatic carbocycles. The quantitative estimate of drug-likeness (QED) is 0.183. The summed E-state index contributed by atoms with van der Waals surface area (Å²) in [6, 6.07) is 29.8. The van der Waals surface area contributed by atoms with Crippen LogP contribution in [0.1, 0.15) is 58.5 Å². The molecule has 0 heterocycles. The molecule has 0 aliphatic heterocycles. The lowest BCUT2D eigenvalue weighted by Crippen LogP contribution is -2.16. The van der Waals surface area contributed by atoms with E-state index in [4.69, 9.17) is 9.47 Å². The SMILES string of the molecule is CCCCc1c(-c2ccccc2)cc(CC)c(OC(=O)c2ccccc2)c1OC(=O)c1ccccc1. The molecule has 0 spiro atoms. The summed E-state index contributed by atoms with van der Waals surface area (Å²) in [4.78, 5) is 26.3. The van der Waals surface area contributed by atoms with Crippen molar-refractivity contribution in [3.63, 3.8) is 0 Å². The Bertz CT molecular complexity index is 1310. The predicted molar refractivity (Wildman–Crippen MR) is 143 cm³/mol. The molecular formula is C32H30O4. The van der Waals surface area contributed by atoms with Crippen molar-refractivity contribution in [3.8, 4) is 22.6 Å². The molecule has 0 amide bonds. The van der Waals surface area contributed by atoms with E-state index in [-0.39, 0.29) is 0 Å². The lowest BCUT2D eigenvalue weighted by Gasteiger charge is -2.21. The van der Waals surface area contributed by atoms with Gasteiger partial charge in [-0.3, -0.25) is 0 Å². The van der Waals surface area contributed by atoms with Crippen molar-refractivity contribution in [2.75, 3.05) is 0 Å². The molecular weight excluding hydrogens is 448 g/mol. The van der Waals surface area contributed by atoms with Crippen molar-refractivity contribution in [2.45, 2.75) is 39.5 Å². The maximum atomic E-state index is 13.2. The highest BCUT2D eigenvalue weighted by molar-refractivity contribution is 5.94. The van der Waals surface area contributed by atoms with Gasteiger partial charge in [0.05, 0.1) is 11.1 Å². The van der Waals surface area contributed by atoms with Crippen LogP contribution in [0.3, 0.4) is 0 Å². The first kappa shape index (κ1) is 24.9. The highest BCUT2D eigenvalue weighted by Crippen LogP contribution is 2.43. The van der Waals surface area contributed by atoms with Crippen LogP contribution in [0.4, 0.5) is 0 Å². The minimum absolute atomic E-state index is 0.307. The predicted octanol–water partition coefficient (Wildman–Crippen LogP) is 7.70. The number of unbranched alkanes of at least 4 members (excludes halogenated alkanes) is 1. The zero-order valence-corrected chi connectivity index (χ0v) is 20.7. The van der Waals surface area contributed by atoms with Gasteiger partial charge in [0.25, 0.3) is 0 Å². The average molecular weight is 479 g/mol. The Balaban J connectivity index is 1.90. The van der Waals surface area contributed by atoms with E-state index in [2.05, 4.69) is 13.0 Å². The van der Waals surface area contributed by atoms with Crippen molar-refractivity contribution in [2.24, 2.45) is 0 Å². The molecule has 0 N–H and O–H groups in total. The molecule has 4 nitrogen and oxygen atoms in total. The minimum atomic E-state index is -0.490. The van der Waals surface area contributed by atoms with E-state index in [1.165, 1.54) is 0 Å². The fraction of sp³-hybridized carbons (Fsp3) is 0.188. The summed E-state index contributed by atoms with van der Waals surface area (Å²) in [5.41, 5.74) is 4.53. The molecule has 0 bridgehead atoms. The number of carbonyl (C=O) groups is 2. The zero-order chi connectivity index (χ0) is 25.3. The number of rotatable bonds is 9. The summed E-state index contributed by atoms with van der Waals surface area (Å²) in [5, 5.41) is 0. The number of hydrogen-bond acceptors (Lipinski definition) is 4. The van der Waals surface area contributed by atoms with E-state index in [9.17, 15) is 9.59 Å². The third-order valence-electron chi connectivity index (χ3n) is 6.07. The van der Waals surface area contributed by atoms with Crippen LogP contribution in [0.5, 0.6) is 11.5 Å². The van der Waals surface area contributed by atoms with Crippen LogP contribution < -0.4 is 9.47 Å². The van der Waals surface area contributed by atoms with Gasteiger partial charge in [0.2, 0.25) is 0 Å². The summed E-state index contributed by atoms with van der Waals surface area (Å²) in [6.07, 6.45) is 3.14. The van der Waals surface area contributed by atoms with Gasteiger partial charge in [0.15, 0.2) is 11.5 Å². The van der Waals surface area contributed by atoms with Gasteiger partial charge in [-0.15, -0.1) is 0 Å². The van der Waals surface area contributed by atoms with Crippen LogP contribution in [-0.2, 0) is 12.8 Å². The van der Waals surface area contributed by atoms with E-state index in [1.807, 2.05) is 49.4 Å². The summed E-state index contributed by atoms with van der Waals surface area (Å²) >= 11 is 0. The van der Waals surface area contributed by atoms with Gasteiger partial charge in [-0.05, 0) is 66.3 Å². The fourth-order valence-corrected chi connectivity index (χ4v) is 4.14. The van der Waals surface area contributed by atoms with Crippen LogP contribution >= 0.6 is 0 Å². The zero-order valence-electron chi connectivity index (χ0n) is 20.7. The summed E-state index contributed by atoms with van der Waals surface area (Å²) in [6.45, 7) is 4.12. The second-order valence-electron chi connectivity index (χ2n) is 8.55. The monoisotopic (exact) mass is 478 g/mol. The first-order chi connectivity index (χ1) is 17.6. The standard InChI is InChI=1S/C32H30O4/c1-3-5-21-27-28(24-15-9-6-10-16-24)22-23(4-2)29(35-31(33)25-17-11-7-12-18-25)30(27)36-32(34)26-19-13-8-14-20-26/h6-20,22H,3-5,21H2,1-2H3. The Labute approximate surface area is 212 Å². The number of aryl methyl sites for hydroxylation is 1. The molecule has 0 saturated carbocycles. The minimum Gasteiger partial charge on any atom is -0.419 e. The second-order valence-corrected chi connectivity index (χ2v) is 8.55. The molecule has 0 atom stereocenters. The molecule has 4 heteroatoms. The van der Waals surface area contributed by atoms with Crippen LogP contribution in [0.2, 0.25) is 0 Å². The van der Waals surface area contributed by atoms with E-state index in [0.717, 1.165) is 35.1 Å². The number of ether oxygens (including phenoxy) is 2. The topological polar surface area (TPSA) is 52.6 Å². The van der Waals surface area contributed by atoms with Gasteiger partial charge in [0.1, 0.15) is 0 Å². The summed E-state index contributed by atoms with van der Waals surface area (Å²) in [7, 11) is 0. The number of carbonyl (C=O) groups excluding carboxylic acids is 2. The Hall–Kier alpha value is -4.18. The lowest BCUT2D eigenvalue weighted by atomic mass is 9.91. The molecule has 0 aromatic heterocycles. The van der Waals surface area contributed by atoms with Crippen molar-refractivity contribution >= 4 is 11.9 Å². The number of benzene rings is 4. The molecule has 4 rings (SSSR count). The smallest absolute Gasteiger partial charge is 0.343 e. The second kappa shape index (κ2) is 12.0. The molecule has 36 heavy (non-hydrogen) atoms. The highest BCUT2D eigenvalue weighted by Gasteiger charge is 2.25. The van der Waals surface area contributed by atoms with E-state index in [1.54, 1.807) is 48.5 Å². The fourth-order valence-electron chi connectivity index (χ4n) is 4.14. The van der Waals surface area contributed by atoms with Crippen LogP contribution in [0.25, 0.3) is 11.1 Å². The average Bonchev–Trinajstić information content (AvgIpc) is 2.94. The number of esters is 2. The highest BCUT2D eigenvalue weighted by atomic mass is 16.6. The van der Waals surface area contributed by atoms with E-state index in [0.29, 0.717) is 35.5 Å². The molecule has 4 aromatic rings. The van der Waals surface area contributed by atoms with Crippen molar-refractivity contribution < 1.29 is 19.1 Å². The first-order valence-electron chi connectivity index (χ1n) is 12.4. The van der Waals surface area contributed by atoms with Crippen LogP contribution in [0, 0.1) is 0 Å². The molecule has 0 unspecified atom stereocenters. The van der Waals surface area contributed by atoms with Crippen molar-refractivity contribution in [1.29, 1.82) is 0 Å². The third-order valence-corrected chi connectivity index (χ3v) is 6.07. The Morgan fingerprint density at radius 1 is 0.667 bits per heavy atom. The molecule has 0 radical (unpaired) electrons. The maximum Gasteiger partial charge on any atom is 0.343 e. The number of hydrogen-bond donors (Lipinski definition) is 0. The molecule has 0 fully saturated rings. The molecule has 0 aliphatic carbocycles. The largest absolute Gasteiger partial charge is 0.419 e. The van der Waals surface area contributed by atoms with E-state index < -0.39 is 11.9 Å². The Kier molecular flexibility index (Phi) is 8.30. The Morgan fingerprint density at radius 2 is 1.17 bits per heavy atom. The van der Waals surface area contributed by atoms with Gasteiger partial charge in [0, 0.05) is 5.56 Å². The van der Waals surface area contributed by atoms with Gasteiger partial charge < -0.3 is 9.47 Å². The maximum absolute atomic E-state index is 13.2. The third kappa shape index (κ3) is 5.72.